The molecule has 3 heterocycles. The molecule has 1 N–H and O–H groups in total. The Labute approximate surface area is 130 Å². The molecular weight excluding hydrogens is 272 g/mol. The van der Waals surface area contributed by atoms with Gasteiger partial charge in [0, 0.05) is 29.8 Å². The third-order valence-corrected chi connectivity index (χ3v) is 4.63. The van der Waals surface area contributed by atoms with Crippen LogP contribution < -0.4 is 5.32 Å². The van der Waals surface area contributed by atoms with Crippen molar-refractivity contribution in [2.45, 2.75) is 19.8 Å². The maximum absolute atomic E-state index is 5.24. The van der Waals surface area contributed by atoms with Crippen LogP contribution in [-0.4, -0.2) is 11.5 Å². The number of aromatic nitrogens is 1. The number of rotatable bonds is 2. The first-order valence-corrected chi connectivity index (χ1v) is 7.56. The van der Waals surface area contributed by atoms with Gasteiger partial charge in [-0.2, -0.15) is 0 Å². The van der Waals surface area contributed by atoms with Gasteiger partial charge in [-0.25, -0.2) is 4.98 Å². The number of nitrogens with one attached hydrogen (secondary N) is 1. The molecule has 0 aliphatic carbocycles. The van der Waals surface area contributed by atoms with Crippen LogP contribution in [0.15, 0.2) is 53.5 Å². The molecule has 1 atom stereocenters. The van der Waals surface area contributed by atoms with E-state index in [4.69, 9.17) is 4.42 Å². The molecule has 1 aliphatic heterocycles. The Bertz CT molecular complexity index is 821. The number of aryl methyl sites for hydroxylation is 1. The zero-order valence-electron chi connectivity index (χ0n) is 12.8. The summed E-state index contributed by atoms with van der Waals surface area (Å²) >= 11 is 0. The Balaban J connectivity index is 1.82. The van der Waals surface area contributed by atoms with Crippen LogP contribution in [-0.2, 0) is 0 Å². The maximum atomic E-state index is 5.24. The van der Waals surface area contributed by atoms with Gasteiger partial charge in [-0.15, -0.1) is 0 Å². The van der Waals surface area contributed by atoms with E-state index >= 15 is 0 Å². The van der Waals surface area contributed by atoms with E-state index in [0.717, 1.165) is 12.4 Å². The monoisotopic (exact) mass is 290 g/mol. The maximum Gasteiger partial charge on any atom is 0.129 e. The largest absolute Gasteiger partial charge is 0.472 e. The first-order valence-electron chi connectivity index (χ1n) is 7.56. The Morgan fingerprint density at radius 3 is 2.95 bits per heavy atom. The summed E-state index contributed by atoms with van der Waals surface area (Å²) in [6.45, 7) is 5.19. The molecule has 3 aromatic rings. The summed E-state index contributed by atoms with van der Waals surface area (Å²) in [5.41, 5.74) is 7.51. The van der Waals surface area contributed by atoms with E-state index < -0.39 is 0 Å². The van der Waals surface area contributed by atoms with Crippen LogP contribution >= 0.6 is 0 Å². The molecule has 0 saturated heterocycles. The van der Waals surface area contributed by atoms with Crippen molar-refractivity contribution in [3.05, 3.63) is 71.3 Å². The minimum Gasteiger partial charge on any atom is -0.472 e. The van der Waals surface area contributed by atoms with Crippen molar-refractivity contribution < 1.29 is 4.42 Å². The molecule has 0 fully saturated rings. The van der Waals surface area contributed by atoms with Crippen LogP contribution in [0.25, 0.3) is 11.1 Å². The Morgan fingerprint density at radius 1 is 1.23 bits per heavy atom. The van der Waals surface area contributed by atoms with Crippen LogP contribution in [0.3, 0.4) is 0 Å². The molecule has 0 amide bonds. The van der Waals surface area contributed by atoms with Crippen LogP contribution in [0.1, 0.15) is 28.2 Å². The van der Waals surface area contributed by atoms with Crippen molar-refractivity contribution in [1.82, 2.24) is 4.98 Å². The summed E-state index contributed by atoms with van der Waals surface area (Å²) in [6, 6.07) is 10.7. The first kappa shape index (κ1) is 13.1. The van der Waals surface area contributed by atoms with Crippen LogP contribution in [0, 0.1) is 13.8 Å². The van der Waals surface area contributed by atoms with E-state index in [2.05, 4.69) is 48.4 Å². The summed E-state index contributed by atoms with van der Waals surface area (Å²) in [6.07, 6.45) is 5.52. The molecule has 3 nitrogen and oxygen atoms in total. The van der Waals surface area contributed by atoms with Crippen molar-refractivity contribution in [2.75, 3.05) is 11.9 Å². The van der Waals surface area contributed by atoms with Crippen molar-refractivity contribution in [1.29, 1.82) is 0 Å². The highest BCUT2D eigenvalue weighted by atomic mass is 16.3. The van der Waals surface area contributed by atoms with Gasteiger partial charge < -0.3 is 9.73 Å². The van der Waals surface area contributed by atoms with Crippen molar-refractivity contribution in [3.63, 3.8) is 0 Å². The van der Waals surface area contributed by atoms with E-state index in [1.165, 1.54) is 33.4 Å². The van der Waals surface area contributed by atoms with Gasteiger partial charge in [-0.1, -0.05) is 18.2 Å². The highest BCUT2D eigenvalue weighted by Gasteiger charge is 2.26. The molecule has 1 aromatic carbocycles. The van der Waals surface area contributed by atoms with Crippen molar-refractivity contribution >= 4 is 5.82 Å². The first-order chi connectivity index (χ1) is 10.7. The van der Waals surface area contributed by atoms with E-state index in [-0.39, 0.29) is 0 Å². The number of benzene rings is 1. The normalized spacial score (nSPS) is 16.4. The fourth-order valence-electron chi connectivity index (χ4n) is 3.19. The Kier molecular flexibility index (Phi) is 3.00. The van der Waals surface area contributed by atoms with E-state index in [9.17, 15) is 0 Å². The second-order valence-electron chi connectivity index (χ2n) is 5.90. The summed E-state index contributed by atoms with van der Waals surface area (Å²) in [5, 5.41) is 3.39. The number of fused-ring (bicyclic) bond motifs is 1. The highest BCUT2D eigenvalue weighted by molar-refractivity contribution is 5.71. The predicted octanol–water partition coefficient (Wildman–Crippen LogP) is 4.52. The number of hydrogen-bond donors (Lipinski definition) is 1. The zero-order valence-corrected chi connectivity index (χ0v) is 12.8. The lowest BCUT2D eigenvalue weighted by atomic mass is 9.92. The minimum absolute atomic E-state index is 0.311. The van der Waals surface area contributed by atoms with Gasteiger partial charge in [0.2, 0.25) is 0 Å². The second kappa shape index (κ2) is 5.02. The third kappa shape index (κ3) is 2.01. The van der Waals surface area contributed by atoms with Gasteiger partial charge in [0.15, 0.2) is 0 Å². The summed E-state index contributed by atoms with van der Waals surface area (Å²) in [7, 11) is 0. The molecule has 0 spiro atoms. The topological polar surface area (TPSA) is 38.1 Å². The van der Waals surface area contributed by atoms with Crippen LogP contribution in [0.5, 0.6) is 0 Å². The van der Waals surface area contributed by atoms with Gasteiger partial charge in [-0.05, 0) is 48.2 Å². The molecule has 3 heteroatoms. The molecule has 0 saturated carbocycles. The molecule has 1 aliphatic rings. The molecule has 22 heavy (non-hydrogen) atoms. The van der Waals surface area contributed by atoms with Crippen molar-refractivity contribution in [3.8, 4) is 11.1 Å². The molecular formula is C19H18N2O. The third-order valence-electron chi connectivity index (χ3n) is 4.63. The SMILES string of the molecule is Cc1cccc(-c2cnc3c(c2)C(c2ccoc2)CN3)c1C. The second-order valence-corrected chi connectivity index (χ2v) is 5.90. The number of anilines is 1. The fourth-order valence-corrected chi connectivity index (χ4v) is 3.19. The lowest BCUT2D eigenvalue weighted by Crippen LogP contribution is -2.02. The fraction of sp³-hybridized carbons (Fsp3) is 0.211. The summed E-state index contributed by atoms with van der Waals surface area (Å²) in [5.74, 6) is 1.30. The summed E-state index contributed by atoms with van der Waals surface area (Å²) < 4.78 is 5.24. The smallest absolute Gasteiger partial charge is 0.129 e. The quantitative estimate of drug-likeness (QED) is 0.754. The molecule has 0 radical (unpaired) electrons. The Morgan fingerprint density at radius 2 is 2.14 bits per heavy atom. The highest BCUT2D eigenvalue weighted by Crippen LogP contribution is 2.37. The van der Waals surface area contributed by atoms with E-state index in [1.54, 1.807) is 6.26 Å². The number of pyridine rings is 1. The molecule has 2 aromatic heterocycles. The molecule has 0 bridgehead atoms. The van der Waals surface area contributed by atoms with E-state index in [1.807, 2.05) is 18.5 Å². The minimum atomic E-state index is 0.311. The Hall–Kier alpha value is -2.55. The van der Waals surface area contributed by atoms with Gasteiger partial charge in [0.05, 0.1) is 12.5 Å². The molecule has 4 rings (SSSR count). The standard InChI is InChI=1S/C19H18N2O/c1-12-4-3-5-16(13(12)2)15-8-17-18(14-6-7-22-11-14)10-21-19(17)20-9-15/h3-9,11,18H,10H2,1-2H3,(H,20,21). The number of furan rings is 1. The van der Waals surface area contributed by atoms with E-state index in [0.29, 0.717) is 5.92 Å². The van der Waals surface area contributed by atoms with Crippen LogP contribution in [0.2, 0.25) is 0 Å². The van der Waals surface area contributed by atoms with Gasteiger partial charge in [-0.3, -0.25) is 0 Å². The zero-order chi connectivity index (χ0) is 15.1. The molecule has 110 valence electrons. The van der Waals surface area contributed by atoms with Crippen LogP contribution in [0.4, 0.5) is 5.82 Å². The van der Waals surface area contributed by atoms with Crippen molar-refractivity contribution in [2.24, 2.45) is 0 Å². The predicted molar refractivity (Wildman–Crippen MR) is 88.2 cm³/mol. The average Bonchev–Trinajstić information content (AvgIpc) is 3.18. The number of nitrogens with zero attached hydrogens (tertiary/aromatic N) is 1. The van der Waals surface area contributed by atoms with Gasteiger partial charge in [0.1, 0.15) is 5.82 Å². The van der Waals surface area contributed by atoms with Gasteiger partial charge >= 0.3 is 0 Å². The molecule has 1 unspecified atom stereocenters. The number of hydrogen-bond acceptors (Lipinski definition) is 3. The summed E-state index contributed by atoms with van der Waals surface area (Å²) in [4.78, 5) is 4.62. The lowest BCUT2D eigenvalue weighted by molar-refractivity contribution is 0.562. The van der Waals surface area contributed by atoms with Gasteiger partial charge in [0.25, 0.3) is 0 Å². The average molecular weight is 290 g/mol. The lowest BCUT2D eigenvalue weighted by Gasteiger charge is -2.12.